The Morgan fingerprint density at radius 3 is 2.57 bits per heavy atom. The van der Waals surface area contributed by atoms with Crippen LogP contribution in [-0.4, -0.2) is 60.0 Å². The highest BCUT2D eigenvalue weighted by Crippen LogP contribution is 2.19. The molecule has 1 fully saturated rings. The van der Waals surface area contributed by atoms with Crippen LogP contribution in [0.5, 0.6) is 5.75 Å². The van der Waals surface area contributed by atoms with E-state index >= 15 is 0 Å². The van der Waals surface area contributed by atoms with E-state index in [1.807, 2.05) is 4.90 Å². The number of hydrogen-bond donors (Lipinski definition) is 1. The summed E-state index contributed by atoms with van der Waals surface area (Å²) in [6.07, 6.45) is 3.12. The van der Waals surface area contributed by atoms with Gasteiger partial charge in [-0.2, -0.15) is 0 Å². The van der Waals surface area contributed by atoms with Gasteiger partial charge in [0.15, 0.2) is 6.61 Å². The standard InChI is InChI=1S/C22H24ClN3O2/c23-18-5-7-19(8-6-18)28-16-22(27)26-13-11-25(12-14-26)10-9-17-15-24-21-4-2-1-3-20(17)21/h1-8,15,24H,9-14,16H2. The number of H-pyrrole nitrogens is 1. The van der Waals surface area contributed by atoms with Crippen molar-refractivity contribution in [2.24, 2.45) is 0 Å². The van der Waals surface area contributed by atoms with Gasteiger partial charge in [0.2, 0.25) is 0 Å². The monoisotopic (exact) mass is 397 g/mol. The molecule has 1 aromatic heterocycles. The summed E-state index contributed by atoms with van der Waals surface area (Å²) in [7, 11) is 0. The summed E-state index contributed by atoms with van der Waals surface area (Å²) in [6, 6.07) is 15.5. The Morgan fingerprint density at radius 1 is 1.04 bits per heavy atom. The number of aromatic nitrogens is 1. The first-order valence-corrected chi connectivity index (χ1v) is 10.0. The second-order valence-electron chi connectivity index (χ2n) is 7.07. The number of nitrogens with one attached hydrogen (secondary N) is 1. The van der Waals surface area contributed by atoms with Gasteiger partial charge in [-0.05, 0) is 42.3 Å². The van der Waals surface area contributed by atoms with E-state index in [0.29, 0.717) is 10.8 Å². The van der Waals surface area contributed by atoms with E-state index in [-0.39, 0.29) is 12.5 Å². The number of ether oxygens (including phenoxy) is 1. The predicted molar refractivity (Wildman–Crippen MR) is 112 cm³/mol. The van der Waals surface area contributed by atoms with E-state index in [4.69, 9.17) is 16.3 Å². The molecule has 1 N–H and O–H groups in total. The lowest BCUT2D eigenvalue weighted by atomic mass is 10.1. The van der Waals surface area contributed by atoms with Gasteiger partial charge in [-0.25, -0.2) is 0 Å². The van der Waals surface area contributed by atoms with E-state index in [1.165, 1.54) is 16.5 Å². The second kappa shape index (κ2) is 8.67. The minimum atomic E-state index is 0.0335. The molecule has 2 aromatic carbocycles. The molecular weight excluding hydrogens is 374 g/mol. The molecule has 4 rings (SSSR count). The summed E-state index contributed by atoms with van der Waals surface area (Å²) >= 11 is 5.86. The lowest BCUT2D eigenvalue weighted by molar-refractivity contribution is -0.135. The van der Waals surface area contributed by atoms with Gasteiger partial charge < -0.3 is 14.6 Å². The Labute approximate surface area is 169 Å². The fourth-order valence-electron chi connectivity index (χ4n) is 3.61. The molecule has 1 aliphatic rings. The molecule has 0 unspecified atom stereocenters. The van der Waals surface area contributed by atoms with Crippen LogP contribution in [0.2, 0.25) is 5.02 Å². The molecule has 28 heavy (non-hydrogen) atoms. The fraction of sp³-hybridized carbons (Fsp3) is 0.318. The van der Waals surface area contributed by atoms with E-state index < -0.39 is 0 Å². The molecule has 0 radical (unpaired) electrons. The third-order valence-corrected chi connectivity index (χ3v) is 5.53. The second-order valence-corrected chi connectivity index (χ2v) is 7.51. The summed E-state index contributed by atoms with van der Waals surface area (Å²) in [6.45, 7) is 4.36. The van der Waals surface area contributed by atoms with Crippen molar-refractivity contribution in [2.45, 2.75) is 6.42 Å². The number of fused-ring (bicyclic) bond motifs is 1. The molecule has 0 bridgehead atoms. The minimum Gasteiger partial charge on any atom is -0.484 e. The van der Waals surface area contributed by atoms with Crippen molar-refractivity contribution in [2.75, 3.05) is 39.3 Å². The minimum absolute atomic E-state index is 0.0335. The van der Waals surface area contributed by atoms with Crippen LogP contribution in [0.4, 0.5) is 0 Å². The zero-order valence-electron chi connectivity index (χ0n) is 15.7. The molecular formula is C22H24ClN3O2. The zero-order valence-corrected chi connectivity index (χ0v) is 16.5. The Bertz CT molecular complexity index is 930. The molecule has 3 aromatic rings. The Kier molecular flexibility index (Phi) is 5.84. The van der Waals surface area contributed by atoms with Crippen molar-refractivity contribution in [1.29, 1.82) is 0 Å². The molecule has 5 nitrogen and oxygen atoms in total. The number of carbonyl (C=O) groups excluding carboxylic acids is 1. The number of nitrogens with zero attached hydrogens (tertiary/aromatic N) is 2. The van der Waals surface area contributed by atoms with Crippen LogP contribution in [0.25, 0.3) is 10.9 Å². The highest BCUT2D eigenvalue weighted by molar-refractivity contribution is 6.30. The third-order valence-electron chi connectivity index (χ3n) is 5.27. The van der Waals surface area contributed by atoms with Gasteiger partial charge in [-0.1, -0.05) is 29.8 Å². The summed E-state index contributed by atoms with van der Waals surface area (Å²) < 4.78 is 5.57. The highest BCUT2D eigenvalue weighted by atomic mass is 35.5. The average molecular weight is 398 g/mol. The summed E-state index contributed by atoms with van der Waals surface area (Å²) in [5.74, 6) is 0.696. The van der Waals surface area contributed by atoms with Crippen LogP contribution in [-0.2, 0) is 11.2 Å². The summed E-state index contributed by atoms with van der Waals surface area (Å²) in [5, 5.41) is 1.96. The van der Waals surface area contributed by atoms with Crippen LogP contribution >= 0.6 is 11.6 Å². The van der Waals surface area contributed by atoms with Crippen molar-refractivity contribution in [1.82, 2.24) is 14.8 Å². The Morgan fingerprint density at radius 2 is 1.79 bits per heavy atom. The number of amides is 1. The van der Waals surface area contributed by atoms with Crippen LogP contribution in [0, 0.1) is 0 Å². The van der Waals surface area contributed by atoms with Crippen LogP contribution in [0.15, 0.2) is 54.7 Å². The first-order chi connectivity index (χ1) is 13.7. The van der Waals surface area contributed by atoms with Gasteiger partial charge in [0.1, 0.15) is 5.75 Å². The number of piperazine rings is 1. The average Bonchev–Trinajstić information content (AvgIpc) is 3.15. The number of benzene rings is 2. The largest absolute Gasteiger partial charge is 0.484 e. The smallest absolute Gasteiger partial charge is 0.260 e. The van der Waals surface area contributed by atoms with Gasteiger partial charge in [-0.3, -0.25) is 9.69 Å². The maximum absolute atomic E-state index is 12.4. The summed E-state index contributed by atoms with van der Waals surface area (Å²) in [5.41, 5.74) is 2.54. The maximum atomic E-state index is 12.4. The third kappa shape index (κ3) is 4.49. The molecule has 0 aliphatic carbocycles. The Hall–Kier alpha value is -2.50. The topological polar surface area (TPSA) is 48.6 Å². The Balaban J connectivity index is 1.22. The van der Waals surface area contributed by atoms with Crippen molar-refractivity contribution in [3.8, 4) is 5.75 Å². The SMILES string of the molecule is O=C(COc1ccc(Cl)cc1)N1CCN(CCc2c[nH]c3ccccc23)CC1. The molecule has 146 valence electrons. The maximum Gasteiger partial charge on any atom is 0.260 e. The van der Waals surface area contributed by atoms with Crippen LogP contribution in [0.1, 0.15) is 5.56 Å². The number of aromatic amines is 1. The van der Waals surface area contributed by atoms with Gasteiger partial charge in [0, 0.05) is 54.8 Å². The lowest BCUT2D eigenvalue weighted by Crippen LogP contribution is -2.50. The molecule has 6 heteroatoms. The molecule has 1 aliphatic heterocycles. The number of para-hydroxylation sites is 1. The predicted octanol–water partition coefficient (Wildman–Crippen LogP) is 3.59. The summed E-state index contributed by atoms with van der Waals surface area (Å²) in [4.78, 5) is 20.0. The zero-order chi connectivity index (χ0) is 19.3. The van der Waals surface area contributed by atoms with E-state index in [0.717, 1.165) is 39.1 Å². The molecule has 2 heterocycles. The molecule has 0 atom stereocenters. The number of rotatable bonds is 6. The molecule has 1 saturated heterocycles. The van der Waals surface area contributed by atoms with Crippen molar-refractivity contribution < 1.29 is 9.53 Å². The molecule has 1 amide bonds. The van der Waals surface area contributed by atoms with Crippen LogP contribution in [0.3, 0.4) is 0 Å². The van der Waals surface area contributed by atoms with Gasteiger partial charge in [0.05, 0.1) is 0 Å². The first kappa shape index (κ1) is 18.8. The quantitative estimate of drug-likeness (QED) is 0.691. The number of halogens is 1. The normalized spacial score (nSPS) is 15.1. The lowest BCUT2D eigenvalue weighted by Gasteiger charge is -2.34. The number of carbonyl (C=O) groups is 1. The molecule has 0 saturated carbocycles. The van der Waals surface area contributed by atoms with Crippen molar-refractivity contribution in [3.63, 3.8) is 0 Å². The highest BCUT2D eigenvalue weighted by Gasteiger charge is 2.21. The van der Waals surface area contributed by atoms with Gasteiger partial charge in [0.25, 0.3) is 5.91 Å². The van der Waals surface area contributed by atoms with Crippen molar-refractivity contribution >= 4 is 28.4 Å². The van der Waals surface area contributed by atoms with E-state index in [2.05, 4.69) is 40.3 Å². The van der Waals surface area contributed by atoms with Crippen molar-refractivity contribution in [3.05, 3.63) is 65.3 Å². The first-order valence-electron chi connectivity index (χ1n) is 9.62. The van der Waals surface area contributed by atoms with Crippen LogP contribution < -0.4 is 4.74 Å². The van der Waals surface area contributed by atoms with Gasteiger partial charge >= 0.3 is 0 Å². The van der Waals surface area contributed by atoms with Gasteiger partial charge in [-0.15, -0.1) is 0 Å². The number of hydrogen-bond acceptors (Lipinski definition) is 3. The fourth-order valence-corrected chi connectivity index (χ4v) is 3.73. The van der Waals surface area contributed by atoms with E-state index in [1.54, 1.807) is 24.3 Å². The van der Waals surface area contributed by atoms with E-state index in [9.17, 15) is 4.79 Å². The molecule has 0 spiro atoms.